The molecule has 2 aliphatic rings. The minimum Gasteiger partial charge on any atom is -0.497 e. The van der Waals surface area contributed by atoms with Crippen molar-refractivity contribution in [2.75, 3.05) is 20.2 Å². The van der Waals surface area contributed by atoms with E-state index in [1.54, 1.807) is 12.1 Å². The average Bonchev–Trinajstić information content (AvgIpc) is 3.31. The second-order valence-corrected chi connectivity index (χ2v) is 9.33. The lowest BCUT2D eigenvalue weighted by Gasteiger charge is -2.30. The van der Waals surface area contributed by atoms with E-state index in [0.717, 1.165) is 42.1 Å². The van der Waals surface area contributed by atoms with Crippen LogP contribution in [-0.2, 0) is 17.8 Å². The Labute approximate surface area is 201 Å². The van der Waals surface area contributed by atoms with Gasteiger partial charge in [-0.3, -0.25) is 9.69 Å². The van der Waals surface area contributed by atoms with Crippen LogP contribution in [0.5, 0.6) is 5.75 Å². The van der Waals surface area contributed by atoms with Crippen molar-refractivity contribution in [3.05, 3.63) is 100 Å². The molecule has 5 rings (SSSR count). The van der Waals surface area contributed by atoms with Crippen LogP contribution in [0.15, 0.2) is 71.8 Å². The first-order valence-corrected chi connectivity index (χ1v) is 11.9. The van der Waals surface area contributed by atoms with Crippen LogP contribution < -0.4 is 4.74 Å². The number of benzene rings is 3. The van der Waals surface area contributed by atoms with E-state index >= 15 is 0 Å². The van der Waals surface area contributed by atoms with E-state index in [1.165, 1.54) is 22.3 Å². The van der Waals surface area contributed by atoms with E-state index in [-0.39, 0.29) is 11.9 Å². The molecule has 0 bridgehead atoms. The molecule has 0 spiro atoms. The number of hydrogen-bond acceptors (Lipinski definition) is 4. The highest BCUT2D eigenvalue weighted by Crippen LogP contribution is 2.35. The van der Waals surface area contributed by atoms with Crippen molar-refractivity contribution in [1.29, 1.82) is 0 Å². The molecule has 5 heteroatoms. The maximum atomic E-state index is 13.6. The summed E-state index contributed by atoms with van der Waals surface area (Å²) < 4.78 is 5.46. The molecule has 1 unspecified atom stereocenters. The van der Waals surface area contributed by atoms with Crippen molar-refractivity contribution in [1.82, 2.24) is 9.91 Å². The summed E-state index contributed by atoms with van der Waals surface area (Å²) in [6, 6.07) is 22.8. The largest absolute Gasteiger partial charge is 0.497 e. The maximum Gasteiger partial charge on any atom is 0.257 e. The van der Waals surface area contributed by atoms with Gasteiger partial charge in [-0.2, -0.15) is 5.10 Å². The SMILES string of the molecule is COc1cccc(C2CC(c3cc(C)ccc3C)=NN2C(=O)CN2CCc3ccccc3C2)c1. The number of carbonyl (C=O) groups excluding carboxylic acids is 1. The number of aryl methyl sites for hydroxylation is 2. The van der Waals surface area contributed by atoms with Crippen molar-refractivity contribution >= 4 is 11.6 Å². The second-order valence-electron chi connectivity index (χ2n) is 9.33. The number of nitrogens with zero attached hydrogens (tertiary/aromatic N) is 3. The zero-order valence-corrected chi connectivity index (χ0v) is 20.1. The number of methoxy groups -OCH3 is 1. The second kappa shape index (κ2) is 9.43. The Hall–Kier alpha value is -3.44. The fourth-order valence-electron chi connectivity index (χ4n) is 5.01. The fourth-order valence-corrected chi connectivity index (χ4v) is 5.01. The Morgan fingerprint density at radius 2 is 1.85 bits per heavy atom. The van der Waals surface area contributed by atoms with Crippen molar-refractivity contribution in [3.8, 4) is 5.75 Å². The molecule has 0 fully saturated rings. The molecule has 0 N–H and O–H groups in total. The van der Waals surface area contributed by atoms with Gasteiger partial charge in [-0.25, -0.2) is 5.01 Å². The normalized spacial score (nSPS) is 17.9. The van der Waals surface area contributed by atoms with Gasteiger partial charge in [0.05, 0.1) is 25.4 Å². The third-order valence-corrected chi connectivity index (χ3v) is 6.92. The maximum absolute atomic E-state index is 13.6. The molecular formula is C29H31N3O2. The Balaban J connectivity index is 1.43. The number of carbonyl (C=O) groups is 1. The number of hydrazone groups is 1. The van der Waals surface area contributed by atoms with E-state index in [1.807, 2.05) is 18.2 Å². The molecule has 34 heavy (non-hydrogen) atoms. The lowest BCUT2D eigenvalue weighted by Crippen LogP contribution is -2.40. The lowest BCUT2D eigenvalue weighted by atomic mass is 9.95. The highest BCUT2D eigenvalue weighted by Gasteiger charge is 2.34. The third-order valence-electron chi connectivity index (χ3n) is 6.92. The summed E-state index contributed by atoms with van der Waals surface area (Å²) in [5.74, 6) is 0.824. The predicted molar refractivity (Wildman–Crippen MR) is 135 cm³/mol. The number of amides is 1. The smallest absolute Gasteiger partial charge is 0.257 e. The molecule has 0 aliphatic carbocycles. The zero-order valence-electron chi connectivity index (χ0n) is 20.1. The Kier molecular flexibility index (Phi) is 6.20. The number of rotatable bonds is 5. The summed E-state index contributed by atoms with van der Waals surface area (Å²) in [6.07, 6.45) is 1.66. The van der Waals surface area contributed by atoms with E-state index < -0.39 is 0 Å². The highest BCUT2D eigenvalue weighted by molar-refractivity contribution is 6.04. The quantitative estimate of drug-likeness (QED) is 0.543. The van der Waals surface area contributed by atoms with Gasteiger partial charge in [-0.15, -0.1) is 0 Å². The molecule has 174 valence electrons. The molecule has 2 heterocycles. The first-order chi connectivity index (χ1) is 16.5. The average molecular weight is 454 g/mol. The van der Waals surface area contributed by atoms with Crippen LogP contribution in [0.3, 0.4) is 0 Å². The van der Waals surface area contributed by atoms with Gasteiger partial charge >= 0.3 is 0 Å². The van der Waals surface area contributed by atoms with Gasteiger partial charge in [0.25, 0.3) is 5.91 Å². The monoisotopic (exact) mass is 453 g/mol. The van der Waals surface area contributed by atoms with E-state index in [4.69, 9.17) is 9.84 Å². The zero-order chi connectivity index (χ0) is 23.7. The standard InChI is InChI=1S/C29H31N3O2/c1-20-11-12-21(2)26(15-20)27-17-28(23-9-6-10-25(16-23)34-3)32(30-27)29(33)19-31-14-13-22-7-4-5-8-24(22)18-31/h4-12,15-16,28H,13-14,17-19H2,1-3H3. The first kappa shape index (κ1) is 22.4. The molecule has 0 radical (unpaired) electrons. The fraction of sp³-hybridized carbons (Fsp3) is 0.310. The van der Waals surface area contributed by atoms with E-state index in [9.17, 15) is 4.79 Å². The van der Waals surface area contributed by atoms with E-state index in [2.05, 4.69) is 67.3 Å². The minimum absolute atomic E-state index is 0.0347. The summed E-state index contributed by atoms with van der Waals surface area (Å²) in [7, 11) is 1.67. The molecule has 1 amide bonds. The van der Waals surface area contributed by atoms with Gasteiger partial charge in [0.2, 0.25) is 0 Å². The molecule has 3 aromatic carbocycles. The molecule has 2 aliphatic heterocycles. The topological polar surface area (TPSA) is 45.1 Å². The van der Waals surface area contributed by atoms with E-state index in [0.29, 0.717) is 13.0 Å². The Morgan fingerprint density at radius 1 is 1.03 bits per heavy atom. The first-order valence-electron chi connectivity index (χ1n) is 11.9. The molecule has 0 saturated heterocycles. The molecule has 0 aromatic heterocycles. The van der Waals surface area contributed by atoms with Crippen molar-refractivity contribution < 1.29 is 9.53 Å². The summed E-state index contributed by atoms with van der Waals surface area (Å²) >= 11 is 0. The van der Waals surface area contributed by atoms with Gasteiger partial charge in [0.15, 0.2) is 0 Å². The number of fused-ring (bicyclic) bond motifs is 1. The van der Waals surface area contributed by atoms with Crippen LogP contribution in [0.4, 0.5) is 0 Å². The van der Waals surface area contributed by atoms with Crippen LogP contribution in [-0.4, -0.2) is 41.7 Å². The van der Waals surface area contributed by atoms with Crippen LogP contribution in [0, 0.1) is 13.8 Å². The summed E-state index contributed by atoms with van der Waals surface area (Å²) in [6.45, 7) is 6.24. The molecular weight excluding hydrogens is 422 g/mol. The molecule has 1 atom stereocenters. The van der Waals surface area contributed by atoms with Crippen molar-refractivity contribution in [2.45, 2.75) is 39.3 Å². The Bertz CT molecular complexity index is 1250. The van der Waals surface area contributed by atoms with Gasteiger partial charge in [-0.1, -0.05) is 54.1 Å². The summed E-state index contributed by atoms with van der Waals surface area (Å²) in [5.41, 5.74) is 8.19. The van der Waals surface area contributed by atoms with Gasteiger partial charge in [0, 0.05) is 25.1 Å². The van der Waals surface area contributed by atoms with Gasteiger partial charge < -0.3 is 4.74 Å². The minimum atomic E-state index is -0.144. The van der Waals surface area contributed by atoms with Crippen molar-refractivity contribution in [3.63, 3.8) is 0 Å². The van der Waals surface area contributed by atoms with Gasteiger partial charge in [-0.05, 0) is 60.7 Å². The molecule has 0 saturated carbocycles. The molecule has 3 aromatic rings. The van der Waals surface area contributed by atoms with Crippen LogP contribution in [0.25, 0.3) is 0 Å². The number of hydrogen-bond donors (Lipinski definition) is 0. The summed E-state index contributed by atoms with van der Waals surface area (Å²) in [5, 5.41) is 6.63. The van der Waals surface area contributed by atoms with Crippen LogP contribution in [0.2, 0.25) is 0 Å². The third kappa shape index (κ3) is 4.48. The van der Waals surface area contributed by atoms with Crippen LogP contribution >= 0.6 is 0 Å². The lowest BCUT2D eigenvalue weighted by molar-refractivity contribution is -0.134. The van der Waals surface area contributed by atoms with Crippen LogP contribution in [0.1, 0.15) is 45.8 Å². The highest BCUT2D eigenvalue weighted by atomic mass is 16.5. The predicted octanol–water partition coefficient (Wildman–Crippen LogP) is 5.05. The van der Waals surface area contributed by atoms with Crippen molar-refractivity contribution in [2.24, 2.45) is 5.10 Å². The number of ether oxygens (including phenoxy) is 1. The molecule has 5 nitrogen and oxygen atoms in total. The van der Waals surface area contributed by atoms with Gasteiger partial charge in [0.1, 0.15) is 5.75 Å². The Morgan fingerprint density at radius 3 is 2.68 bits per heavy atom. The summed E-state index contributed by atoms with van der Waals surface area (Å²) in [4.78, 5) is 15.9.